The summed E-state index contributed by atoms with van der Waals surface area (Å²) in [4.78, 5) is 8.34. The van der Waals surface area contributed by atoms with Gasteiger partial charge >= 0.3 is 0 Å². The Labute approximate surface area is 151 Å². The Kier molecular flexibility index (Phi) is 5.38. The predicted octanol–water partition coefficient (Wildman–Crippen LogP) is 4.04. The average Bonchev–Trinajstić information content (AvgIpc) is 2.68. The smallest absolute Gasteiger partial charge is 0.203 e. The summed E-state index contributed by atoms with van der Waals surface area (Å²) in [7, 11) is 4.71. The van der Waals surface area contributed by atoms with Gasteiger partial charge in [-0.2, -0.15) is 0 Å². The summed E-state index contributed by atoms with van der Waals surface area (Å²) in [5.74, 6) is 3.54. The van der Waals surface area contributed by atoms with E-state index < -0.39 is 0 Å². The highest BCUT2D eigenvalue weighted by Gasteiger charge is 2.13. The molecule has 26 heavy (non-hydrogen) atoms. The van der Waals surface area contributed by atoms with Gasteiger partial charge in [0.05, 0.1) is 27.5 Å². The van der Waals surface area contributed by atoms with Gasteiger partial charge in [0.25, 0.3) is 0 Å². The zero-order chi connectivity index (χ0) is 18.4. The molecule has 0 saturated heterocycles. The molecule has 7 heteroatoms. The Balaban J connectivity index is 1.84. The van der Waals surface area contributed by atoms with Crippen LogP contribution in [0.4, 0.5) is 11.5 Å². The summed E-state index contributed by atoms with van der Waals surface area (Å²) in [5.41, 5.74) is 0.741. The molecule has 0 atom stereocenters. The molecular formula is C19H19N3O4. The third kappa shape index (κ3) is 3.94. The van der Waals surface area contributed by atoms with Gasteiger partial charge in [-0.05, 0) is 18.2 Å². The van der Waals surface area contributed by atoms with E-state index in [1.807, 2.05) is 12.1 Å². The van der Waals surface area contributed by atoms with Gasteiger partial charge in [0, 0.05) is 36.3 Å². The van der Waals surface area contributed by atoms with Crippen molar-refractivity contribution in [3.8, 4) is 28.7 Å². The minimum absolute atomic E-state index is 0.530. The van der Waals surface area contributed by atoms with Gasteiger partial charge < -0.3 is 24.3 Å². The first-order valence-electron chi connectivity index (χ1n) is 7.84. The summed E-state index contributed by atoms with van der Waals surface area (Å²) < 4.78 is 21.8. The third-order valence-corrected chi connectivity index (χ3v) is 3.54. The number of hydrogen-bond donors (Lipinski definition) is 1. The minimum atomic E-state index is 0.530. The number of aromatic nitrogens is 2. The van der Waals surface area contributed by atoms with Gasteiger partial charge in [-0.3, -0.25) is 4.98 Å². The van der Waals surface area contributed by atoms with Crippen LogP contribution in [0.5, 0.6) is 28.7 Å². The molecule has 0 aliphatic rings. The molecule has 0 spiro atoms. The fraction of sp³-hybridized carbons (Fsp3) is 0.158. The van der Waals surface area contributed by atoms with Gasteiger partial charge in [-0.1, -0.05) is 0 Å². The van der Waals surface area contributed by atoms with E-state index in [4.69, 9.17) is 18.9 Å². The zero-order valence-corrected chi connectivity index (χ0v) is 14.7. The second-order valence-electron chi connectivity index (χ2n) is 5.21. The topological polar surface area (TPSA) is 74.7 Å². The highest BCUT2D eigenvalue weighted by Crippen LogP contribution is 2.40. The summed E-state index contributed by atoms with van der Waals surface area (Å²) in [6.45, 7) is 0. The number of benzene rings is 1. The maximum absolute atomic E-state index is 5.77. The molecule has 134 valence electrons. The molecule has 0 radical (unpaired) electrons. The van der Waals surface area contributed by atoms with Crippen LogP contribution in [0, 0.1) is 0 Å². The van der Waals surface area contributed by atoms with Gasteiger partial charge in [0.15, 0.2) is 11.5 Å². The fourth-order valence-corrected chi connectivity index (χ4v) is 2.39. The van der Waals surface area contributed by atoms with Crippen LogP contribution < -0.4 is 24.3 Å². The quantitative estimate of drug-likeness (QED) is 0.687. The van der Waals surface area contributed by atoms with E-state index in [1.54, 1.807) is 64.2 Å². The predicted molar refractivity (Wildman–Crippen MR) is 97.9 cm³/mol. The van der Waals surface area contributed by atoms with E-state index in [-0.39, 0.29) is 0 Å². The normalized spacial score (nSPS) is 10.1. The number of hydrogen-bond acceptors (Lipinski definition) is 7. The van der Waals surface area contributed by atoms with E-state index in [1.165, 1.54) is 0 Å². The summed E-state index contributed by atoms with van der Waals surface area (Å²) in [6, 6.07) is 10.8. The molecule has 2 heterocycles. The third-order valence-electron chi connectivity index (χ3n) is 3.54. The van der Waals surface area contributed by atoms with Crippen LogP contribution in [0.1, 0.15) is 0 Å². The lowest BCUT2D eigenvalue weighted by molar-refractivity contribution is 0.324. The van der Waals surface area contributed by atoms with Crippen molar-refractivity contribution in [1.82, 2.24) is 9.97 Å². The highest BCUT2D eigenvalue weighted by atomic mass is 16.5. The average molecular weight is 353 g/mol. The molecule has 3 aromatic rings. The van der Waals surface area contributed by atoms with E-state index in [9.17, 15) is 0 Å². The lowest BCUT2D eigenvalue weighted by atomic mass is 10.2. The summed E-state index contributed by atoms with van der Waals surface area (Å²) in [6.07, 6.45) is 5.00. The van der Waals surface area contributed by atoms with E-state index >= 15 is 0 Å². The van der Waals surface area contributed by atoms with Crippen molar-refractivity contribution in [2.45, 2.75) is 0 Å². The molecule has 0 unspecified atom stereocenters. The lowest BCUT2D eigenvalue weighted by Crippen LogP contribution is -1.99. The van der Waals surface area contributed by atoms with Crippen LogP contribution in [0.2, 0.25) is 0 Å². The number of nitrogens with one attached hydrogen (secondary N) is 1. The first-order valence-corrected chi connectivity index (χ1v) is 7.84. The maximum Gasteiger partial charge on any atom is 0.203 e. The molecular weight excluding hydrogens is 334 g/mol. The standard InChI is InChI=1S/C19H19N3O4/c1-23-16-9-13(10-17(24-2)19(16)25-3)22-18-11-14(6-8-21-18)26-15-5-4-7-20-12-15/h4-12H,1-3H3,(H,21,22). The van der Waals surface area contributed by atoms with Gasteiger partial charge in [0.2, 0.25) is 5.75 Å². The first-order chi connectivity index (χ1) is 12.7. The van der Waals surface area contributed by atoms with Crippen LogP contribution >= 0.6 is 0 Å². The monoisotopic (exact) mass is 353 g/mol. The van der Waals surface area contributed by atoms with Crippen LogP contribution in [-0.2, 0) is 0 Å². The lowest BCUT2D eigenvalue weighted by Gasteiger charge is -2.15. The first kappa shape index (κ1) is 17.3. The molecule has 0 bridgehead atoms. The van der Waals surface area contributed by atoms with Crippen LogP contribution in [-0.4, -0.2) is 31.3 Å². The molecule has 0 fully saturated rings. The Morgan fingerprint density at radius 2 is 1.62 bits per heavy atom. The Bertz CT molecular complexity index is 847. The van der Waals surface area contributed by atoms with Crippen molar-refractivity contribution in [3.05, 3.63) is 55.0 Å². The van der Waals surface area contributed by atoms with Crippen molar-refractivity contribution in [2.75, 3.05) is 26.6 Å². The van der Waals surface area contributed by atoms with E-state index in [2.05, 4.69) is 15.3 Å². The Hall–Kier alpha value is -3.48. The van der Waals surface area contributed by atoms with Crippen LogP contribution in [0.15, 0.2) is 55.0 Å². The van der Waals surface area contributed by atoms with Crippen molar-refractivity contribution >= 4 is 11.5 Å². The molecule has 3 rings (SSSR count). The largest absolute Gasteiger partial charge is 0.493 e. The molecule has 0 aliphatic heterocycles. The van der Waals surface area contributed by atoms with E-state index in [0.717, 1.165) is 5.69 Å². The molecule has 2 aromatic heterocycles. The summed E-state index contributed by atoms with van der Waals surface area (Å²) >= 11 is 0. The number of ether oxygens (including phenoxy) is 4. The number of rotatable bonds is 7. The minimum Gasteiger partial charge on any atom is -0.493 e. The second kappa shape index (κ2) is 8.06. The number of pyridine rings is 2. The molecule has 1 aromatic carbocycles. The Morgan fingerprint density at radius 3 is 2.23 bits per heavy atom. The summed E-state index contributed by atoms with van der Waals surface area (Å²) in [5, 5.41) is 3.21. The van der Waals surface area contributed by atoms with Crippen molar-refractivity contribution in [3.63, 3.8) is 0 Å². The number of methoxy groups -OCH3 is 3. The maximum atomic E-state index is 5.77. The van der Waals surface area contributed by atoms with Crippen LogP contribution in [0.25, 0.3) is 0 Å². The van der Waals surface area contributed by atoms with Crippen molar-refractivity contribution in [1.29, 1.82) is 0 Å². The van der Waals surface area contributed by atoms with Crippen LogP contribution in [0.3, 0.4) is 0 Å². The molecule has 7 nitrogen and oxygen atoms in total. The zero-order valence-electron chi connectivity index (χ0n) is 14.7. The molecule has 1 N–H and O–H groups in total. The Morgan fingerprint density at radius 1 is 0.846 bits per heavy atom. The molecule has 0 aliphatic carbocycles. The van der Waals surface area contributed by atoms with Crippen molar-refractivity contribution < 1.29 is 18.9 Å². The van der Waals surface area contributed by atoms with E-state index in [0.29, 0.717) is 34.6 Å². The molecule has 0 amide bonds. The van der Waals surface area contributed by atoms with Gasteiger partial charge in [-0.25, -0.2) is 4.98 Å². The van der Waals surface area contributed by atoms with Gasteiger partial charge in [0.1, 0.15) is 17.3 Å². The SMILES string of the molecule is COc1cc(Nc2cc(Oc3cccnc3)ccn2)cc(OC)c1OC. The highest BCUT2D eigenvalue weighted by molar-refractivity contribution is 5.67. The number of nitrogens with zero attached hydrogens (tertiary/aromatic N) is 2. The van der Waals surface area contributed by atoms with Gasteiger partial charge in [-0.15, -0.1) is 0 Å². The fourth-order valence-electron chi connectivity index (χ4n) is 2.39. The second-order valence-corrected chi connectivity index (χ2v) is 5.21. The van der Waals surface area contributed by atoms with Crippen molar-refractivity contribution in [2.24, 2.45) is 0 Å². The number of anilines is 2. The molecule has 0 saturated carbocycles.